The Hall–Kier alpha value is -1.32. The molecule has 0 amide bonds. The van der Waals surface area contributed by atoms with E-state index < -0.39 is 0 Å². The Kier molecular flexibility index (Phi) is 6.60. The Morgan fingerprint density at radius 1 is 1.11 bits per heavy atom. The van der Waals surface area contributed by atoms with Crippen molar-refractivity contribution in [2.75, 3.05) is 29.9 Å². The molecule has 0 aliphatic rings. The minimum absolute atomic E-state index is 0.872. The molecule has 0 aliphatic carbocycles. The second kappa shape index (κ2) is 7.97. The first-order chi connectivity index (χ1) is 9.17. The van der Waals surface area contributed by atoms with Crippen molar-refractivity contribution in [1.29, 1.82) is 0 Å². The summed E-state index contributed by atoms with van der Waals surface area (Å²) in [5, 5.41) is 3.35. The predicted octanol–water partition coefficient (Wildman–Crippen LogP) is 3.41. The molecule has 1 heterocycles. The predicted molar refractivity (Wildman–Crippen MR) is 83.1 cm³/mol. The van der Waals surface area contributed by atoms with E-state index >= 15 is 0 Å². The van der Waals surface area contributed by atoms with E-state index in [0.717, 1.165) is 49.1 Å². The van der Waals surface area contributed by atoms with Gasteiger partial charge in [-0.1, -0.05) is 20.3 Å². The van der Waals surface area contributed by atoms with Gasteiger partial charge in [0.1, 0.15) is 17.5 Å². The Bertz CT molecular complexity index is 390. The van der Waals surface area contributed by atoms with Crippen molar-refractivity contribution in [3.8, 4) is 0 Å². The fourth-order valence-corrected chi connectivity index (χ4v) is 2.12. The first kappa shape index (κ1) is 15.7. The molecule has 0 radical (unpaired) electrons. The van der Waals surface area contributed by atoms with Crippen LogP contribution in [-0.4, -0.2) is 29.6 Å². The van der Waals surface area contributed by atoms with Gasteiger partial charge in [-0.25, -0.2) is 9.97 Å². The molecule has 1 N–H and O–H groups in total. The normalized spacial score (nSPS) is 10.6. The van der Waals surface area contributed by atoms with E-state index in [1.807, 2.05) is 0 Å². The third-order valence-corrected chi connectivity index (χ3v) is 3.29. The van der Waals surface area contributed by atoms with Gasteiger partial charge in [0.15, 0.2) is 0 Å². The van der Waals surface area contributed by atoms with Crippen LogP contribution in [-0.2, 0) is 6.42 Å². The SMILES string of the molecule is CCCCN(CC)c1nc(CC)nc(NCC)c1C. The number of nitrogens with one attached hydrogen (secondary N) is 1. The third kappa shape index (κ3) is 4.08. The van der Waals surface area contributed by atoms with Gasteiger partial charge >= 0.3 is 0 Å². The molecular weight excluding hydrogens is 236 g/mol. The van der Waals surface area contributed by atoms with Gasteiger partial charge in [0.05, 0.1) is 0 Å². The van der Waals surface area contributed by atoms with Gasteiger partial charge in [0.2, 0.25) is 0 Å². The minimum Gasteiger partial charge on any atom is -0.370 e. The molecule has 108 valence electrons. The zero-order chi connectivity index (χ0) is 14.3. The van der Waals surface area contributed by atoms with E-state index in [0.29, 0.717) is 0 Å². The molecule has 0 aromatic carbocycles. The zero-order valence-corrected chi connectivity index (χ0v) is 13.1. The van der Waals surface area contributed by atoms with E-state index in [-0.39, 0.29) is 0 Å². The highest BCUT2D eigenvalue weighted by atomic mass is 15.2. The molecule has 0 bridgehead atoms. The molecule has 0 fully saturated rings. The molecule has 1 rings (SSSR count). The van der Waals surface area contributed by atoms with Crippen molar-refractivity contribution in [3.63, 3.8) is 0 Å². The van der Waals surface area contributed by atoms with Gasteiger partial charge in [0, 0.05) is 31.6 Å². The quantitative estimate of drug-likeness (QED) is 0.781. The number of aromatic nitrogens is 2. The molecule has 0 unspecified atom stereocenters. The number of aryl methyl sites for hydroxylation is 1. The third-order valence-electron chi connectivity index (χ3n) is 3.29. The van der Waals surface area contributed by atoms with Crippen LogP contribution in [0.15, 0.2) is 0 Å². The van der Waals surface area contributed by atoms with E-state index in [2.05, 4.69) is 49.8 Å². The summed E-state index contributed by atoms with van der Waals surface area (Å²) in [6.45, 7) is 13.7. The fourth-order valence-electron chi connectivity index (χ4n) is 2.12. The van der Waals surface area contributed by atoms with Gasteiger partial charge in [-0.2, -0.15) is 0 Å². The second-order valence-corrected chi connectivity index (χ2v) is 4.75. The molecule has 4 heteroatoms. The van der Waals surface area contributed by atoms with Crippen LogP contribution in [0.25, 0.3) is 0 Å². The molecule has 0 aliphatic heterocycles. The molecule has 1 aromatic heterocycles. The van der Waals surface area contributed by atoms with Crippen LogP contribution in [0.4, 0.5) is 11.6 Å². The van der Waals surface area contributed by atoms with Crippen molar-refractivity contribution >= 4 is 11.6 Å². The standard InChI is InChI=1S/C15H28N4/c1-6-10-11-19(9-4)15-12(5)14(16-8-3)17-13(7-2)18-15/h6-11H2,1-5H3,(H,16,17,18). The lowest BCUT2D eigenvalue weighted by molar-refractivity contribution is 0.716. The van der Waals surface area contributed by atoms with Gasteiger partial charge in [-0.05, 0) is 27.2 Å². The van der Waals surface area contributed by atoms with E-state index in [4.69, 9.17) is 4.98 Å². The maximum atomic E-state index is 4.73. The van der Waals surface area contributed by atoms with Crippen LogP contribution in [0.3, 0.4) is 0 Å². The molecular formula is C15H28N4. The fraction of sp³-hybridized carbons (Fsp3) is 0.733. The molecule has 0 saturated carbocycles. The highest BCUT2D eigenvalue weighted by Crippen LogP contribution is 2.24. The Morgan fingerprint density at radius 2 is 1.84 bits per heavy atom. The summed E-state index contributed by atoms with van der Waals surface area (Å²) >= 11 is 0. The summed E-state index contributed by atoms with van der Waals surface area (Å²) in [6.07, 6.45) is 3.29. The lowest BCUT2D eigenvalue weighted by atomic mass is 10.2. The summed E-state index contributed by atoms with van der Waals surface area (Å²) in [4.78, 5) is 11.7. The molecule has 0 saturated heterocycles. The number of hydrogen-bond donors (Lipinski definition) is 1. The minimum atomic E-state index is 0.872. The molecule has 4 nitrogen and oxygen atoms in total. The van der Waals surface area contributed by atoms with Gasteiger partial charge in [-0.3, -0.25) is 0 Å². The van der Waals surface area contributed by atoms with Crippen molar-refractivity contribution in [1.82, 2.24) is 9.97 Å². The second-order valence-electron chi connectivity index (χ2n) is 4.75. The number of rotatable bonds is 8. The first-order valence-electron chi connectivity index (χ1n) is 7.54. The maximum Gasteiger partial charge on any atom is 0.137 e. The lowest BCUT2D eigenvalue weighted by Gasteiger charge is -2.25. The maximum absolute atomic E-state index is 4.73. The van der Waals surface area contributed by atoms with Crippen LogP contribution in [0.5, 0.6) is 0 Å². The summed E-state index contributed by atoms with van der Waals surface area (Å²) in [6, 6.07) is 0. The Morgan fingerprint density at radius 3 is 2.37 bits per heavy atom. The molecule has 0 atom stereocenters. The molecule has 0 spiro atoms. The highest BCUT2D eigenvalue weighted by Gasteiger charge is 2.14. The molecule has 19 heavy (non-hydrogen) atoms. The Labute approximate surface area is 117 Å². The number of hydrogen-bond acceptors (Lipinski definition) is 4. The van der Waals surface area contributed by atoms with Crippen LogP contribution >= 0.6 is 0 Å². The van der Waals surface area contributed by atoms with Crippen molar-refractivity contribution < 1.29 is 0 Å². The Balaban J connectivity index is 3.11. The number of unbranched alkanes of at least 4 members (excludes halogenated alkanes) is 1. The largest absolute Gasteiger partial charge is 0.370 e. The van der Waals surface area contributed by atoms with Crippen molar-refractivity contribution in [3.05, 3.63) is 11.4 Å². The summed E-state index contributed by atoms with van der Waals surface area (Å²) in [5.74, 6) is 3.00. The smallest absolute Gasteiger partial charge is 0.137 e. The topological polar surface area (TPSA) is 41.1 Å². The summed E-state index contributed by atoms with van der Waals surface area (Å²) in [5.41, 5.74) is 1.16. The highest BCUT2D eigenvalue weighted by molar-refractivity contribution is 5.58. The average molecular weight is 264 g/mol. The monoisotopic (exact) mass is 264 g/mol. The average Bonchev–Trinajstić information content (AvgIpc) is 2.43. The van der Waals surface area contributed by atoms with Crippen LogP contribution in [0, 0.1) is 6.92 Å². The summed E-state index contributed by atoms with van der Waals surface area (Å²) < 4.78 is 0. The van der Waals surface area contributed by atoms with Gasteiger partial charge < -0.3 is 10.2 Å². The van der Waals surface area contributed by atoms with Gasteiger partial charge in [0.25, 0.3) is 0 Å². The van der Waals surface area contributed by atoms with Crippen LogP contribution in [0.1, 0.15) is 51.9 Å². The van der Waals surface area contributed by atoms with E-state index in [9.17, 15) is 0 Å². The van der Waals surface area contributed by atoms with E-state index in [1.165, 1.54) is 12.8 Å². The zero-order valence-electron chi connectivity index (χ0n) is 13.1. The van der Waals surface area contributed by atoms with Crippen LogP contribution in [0.2, 0.25) is 0 Å². The van der Waals surface area contributed by atoms with Crippen LogP contribution < -0.4 is 10.2 Å². The van der Waals surface area contributed by atoms with Crippen molar-refractivity contribution in [2.45, 2.75) is 53.9 Å². The number of anilines is 2. The molecule has 1 aromatic rings. The number of nitrogens with zero attached hydrogens (tertiary/aromatic N) is 3. The van der Waals surface area contributed by atoms with Gasteiger partial charge in [-0.15, -0.1) is 0 Å². The first-order valence-corrected chi connectivity index (χ1v) is 7.54. The lowest BCUT2D eigenvalue weighted by Crippen LogP contribution is -2.27. The summed E-state index contributed by atoms with van der Waals surface area (Å²) in [7, 11) is 0. The van der Waals surface area contributed by atoms with Crippen molar-refractivity contribution in [2.24, 2.45) is 0 Å². The van der Waals surface area contributed by atoms with E-state index in [1.54, 1.807) is 0 Å².